The molecule has 8 nitrogen and oxygen atoms in total. The standard InChI is InChI=1S/C28H41NO7/c1-7-8-14-35-24(33)27(4,5)18-28(6,25(34)36-15-13-30)12-11-26(2,3)23(32)29-20-10-9-19-16-22(31)21(19)17-20/h9-10,17,30H,7-8,11-16,18H2,1-6H3,(H,29,32). The van der Waals surface area contributed by atoms with Gasteiger partial charge in [-0.05, 0) is 64.2 Å². The molecule has 1 amide bonds. The zero-order chi connectivity index (χ0) is 27.1. The lowest BCUT2D eigenvalue weighted by Gasteiger charge is -2.36. The first-order valence-electron chi connectivity index (χ1n) is 12.7. The van der Waals surface area contributed by atoms with E-state index in [0.717, 1.165) is 18.4 Å². The van der Waals surface area contributed by atoms with Crippen LogP contribution in [0, 0.1) is 16.2 Å². The molecular weight excluding hydrogens is 462 g/mol. The van der Waals surface area contributed by atoms with Gasteiger partial charge in [0.1, 0.15) is 6.61 Å². The first-order valence-corrected chi connectivity index (χ1v) is 12.7. The maximum absolute atomic E-state index is 13.1. The maximum atomic E-state index is 13.1. The second-order valence-corrected chi connectivity index (χ2v) is 11.3. The fourth-order valence-electron chi connectivity index (χ4n) is 4.36. The Labute approximate surface area is 214 Å². The number of carbonyl (C=O) groups is 4. The third kappa shape index (κ3) is 7.38. The number of benzene rings is 1. The van der Waals surface area contributed by atoms with E-state index in [9.17, 15) is 19.2 Å². The summed E-state index contributed by atoms with van der Waals surface area (Å²) in [4.78, 5) is 50.6. The van der Waals surface area contributed by atoms with Crippen molar-refractivity contribution in [3.8, 4) is 0 Å². The fraction of sp³-hybridized carbons (Fsp3) is 0.643. The van der Waals surface area contributed by atoms with Crippen molar-refractivity contribution in [1.29, 1.82) is 0 Å². The summed E-state index contributed by atoms with van der Waals surface area (Å²) in [5.74, 6) is -1.08. The van der Waals surface area contributed by atoms with E-state index >= 15 is 0 Å². The third-order valence-electron chi connectivity index (χ3n) is 6.87. The van der Waals surface area contributed by atoms with E-state index < -0.39 is 22.2 Å². The molecule has 1 aromatic rings. The van der Waals surface area contributed by atoms with Gasteiger partial charge in [-0.1, -0.05) is 33.3 Å². The van der Waals surface area contributed by atoms with Crippen LogP contribution in [0.5, 0.6) is 0 Å². The lowest BCUT2D eigenvalue weighted by Crippen LogP contribution is -2.41. The number of esters is 2. The molecule has 0 fully saturated rings. The molecule has 0 bridgehead atoms. The van der Waals surface area contributed by atoms with Crippen molar-refractivity contribution in [2.24, 2.45) is 16.2 Å². The van der Waals surface area contributed by atoms with Crippen LogP contribution >= 0.6 is 0 Å². The quantitative estimate of drug-likeness (QED) is 0.284. The molecule has 0 saturated carbocycles. The summed E-state index contributed by atoms with van der Waals surface area (Å²) in [6.45, 7) is 10.7. The average Bonchev–Trinajstić information content (AvgIpc) is 2.81. The van der Waals surface area contributed by atoms with E-state index in [2.05, 4.69) is 5.32 Å². The molecule has 0 aliphatic heterocycles. The monoisotopic (exact) mass is 503 g/mol. The molecule has 0 radical (unpaired) electrons. The van der Waals surface area contributed by atoms with Gasteiger partial charge >= 0.3 is 11.9 Å². The Bertz CT molecular complexity index is 982. The Morgan fingerprint density at radius 2 is 1.64 bits per heavy atom. The SMILES string of the molecule is CCCCOC(=O)C(C)(C)CC(C)(CCC(C)(C)C(=O)Nc1ccc2c(c1)C(=O)C2)C(=O)OCCO. The number of amides is 1. The summed E-state index contributed by atoms with van der Waals surface area (Å²) in [5, 5.41) is 12.0. The molecule has 1 aliphatic rings. The Balaban J connectivity index is 2.12. The number of aliphatic hydroxyl groups is 1. The number of rotatable bonds is 14. The van der Waals surface area contributed by atoms with Crippen LogP contribution in [0.4, 0.5) is 5.69 Å². The summed E-state index contributed by atoms with van der Waals surface area (Å²) in [6.07, 6.45) is 2.89. The number of Topliss-reactive ketones (excluding diaryl/α,β-unsaturated/α-hetero) is 1. The van der Waals surface area contributed by atoms with Gasteiger partial charge in [0.15, 0.2) is 5.78 Å². The highest BCUT2D eigenvalue weighted by atomic mass is 16.5. The number of anilines is 1. The van der Waals surface area contributed by atoms with Crippen molar-refractivity contribution < 1.29 is 33.8 Å². The largest absolute Gasteiger partial charge is 0.465 e. The molecule has 1 unspecified atom stereocenters. The smallest absolute Gasteiger partial charge is 0.311 e. The van der Waals surface area contributed by atoms with E-state index in [1.54, 1.807) is 46.8 Å². The second kappa shape index (κ2) is 12.0. The van der Waals surface area contributed by atoms with Gasteiger partial charge in [0.25, 0.3) is 0 Å². The molecule has 0 saturated heterocycles. The van der Waals surface area contributed by atoms with Gasteiger partial charge in [0.2, 0.25) is 5.91 Å². The van der Waals surface area contributed by atoms with Gasteiger partial charge in [0.05, 0.1) is 24.0 Å². The van der Waals surface area contributed by atoms with Gasteiger partial charge in [0, 0.05) is 23.1 Å². The predicted octanol–water partition coefficient (Wildman–Crippen LogP) is 4.47. The van der Waals surface area contributed by atoms with Crippen LogP contribution in [0.2, 0.25) is 0 Å². The molecule has 200 valence electrons. The topological polar surface area (TPSA) is 119 Å². The maximum Gasteiger partial charge on any atom is 0.311 e. The molecular formula is C28H41NO7. The van der Waals surface area contributed by atoms with Crippen molar-refractivity contribution >= 4 is 29.3 Å². The molecule has 8 heteroatoms. The second-order valence-electron chi connectivity index (χ2n) is 11.3. The van der Waals surface area contributed by atoms with Gasteiger partial charge in [-0.25, -0.2) is 0 Å². The number of aliphatic hydroxyl groups excluding tert-OH is 1. The number of unbranched alkanes of at least 4 members (excludes halogenated alkanes) is 1. The van der Waals surface area contributed by atoms with Crippen LogP contribution < -0.4 is 5.32 Å². The lowest BCUT2D eigenvalue weighted by atomic mass is 9.69. The van der Waals surface area contributed by atoms with Crippen LogP contribution in [-0.4, -0.2) is 48.6 Å². The fourth-order valence-corrected chi connectivity index (χ4v) is 4.36. The van der Waals surface area contributed by atoms with Crippen LogP contribution in [0.25, 0.3) is 0 Å². The molecule has 0 spiro atoms. The average molecular weight is 504 g/mol. The highest BCUT2D eigenvalue weighted by Gasteiger charge is 2.45. The van der Waals surface area contributed by atoms with E-state index in [1.807, 2.05) is 13.0 Å². The van der Waals surface area contributed by atoms with E-state index in [4.69, 9.17) is 14.6 Å². The first kappa shape index (κ1) is 29.5. The number of fused-ring (bicyclic) bond motifs is 1. The number of carbonyl (C=O) groups excluding carboxylic acids is 4. The van der Waals surface area contributed by atoms with Crippen molar-refractivity contribution in [1.82, 2.24) is 0 Å². The summed E-state index contributed by atoms with van der Waals surface area (Å²) < 4.78 is 10.7. The number of ketones is 1. The van der Waals surface area contributed by atoms with Crippen LogP contribution in [0.3, 0.4) is 0 Å². The van der Waals surface area contributed by atoms with E-state index in [-0.39, 0.29) is 43.7 Å². The van der Waals surface area contributed by atoms with E-state index in [0.29, 0.717) is 30.7 Å². The molecule has 1 atom stereocenters. The summed E-state index contributed by atoms with van der Waals surface area (Å²) >= 11 is 0. The van der Waals surface area contributed by atoms with Crippen LogP contribution in [0.1, 0.15) is 89.6 Å². The Morgan fingerprint density at radius 1 is 0.972 bits per heavy atom. The summed E-state index contributed by atoms with van der Waals surface area (Å²) in [7, 11) is 0. The zero-order valence-electron chi connectivity index (χ0n) is 22.5. The van der Waals surface area contributed by atoms with Crippen molar-refractivity contribution in [3.05, 3.63) is 29.3 Å². The molecule has 1 aliphatic carbocycles. The minimum Gasteiger partial charge on any atom is -0.465 e. The molecule has 2 N–H and O–H groups in total. The Kier molecular flexibility index (Phi) is 9.83. The minimum absolute atomic E-state index is 0.0633. The summed E-state index contributed by atoms with van der Waals surface area (Å²) in [5.41, 5.74) is -0.714. The molecule has 0 heterocycles. The Morgan fingerprint density at radius 3 is 2.25 bits per heavy atom. The Hall–Kier alpha value is -2.74. The van der Waals surface area contributed by atoms with Gasteiger partial charge in [-0.15, -0.1) is 0 Å². The molecule has 36 heavy (non-hydrogen) atoms. The number of nitrogens with one attached hydrogen (secondary N) is 1. The van der Waals surface area contributed by atoms with Crippen LogP contribution in [0.15, 0.2) is 18.2 Å². The van der Waals surface area contributed by atoms with Crippen molar-refractivity contribution in [3.63, 3.8) is 0 Å². The number of hydrogen-bond donors (Lipinski definition) is 2. The predicted molar refractivity (Wildman–Crippen MR) is 137 cm³/mol. The molecule has 0 aromatic heterocycles. The van der Waals surface area contributed by atoms with E-state index in [1.165, 1.54) is 0 Å². The van der Waals surface area contributed by atoms with Gasteiger partial charge < -0.3 is 19.9 Å². The summed E-state index contributed by atoms with van der Waals surface area (Å²) in [6, 6.07) is 5.32. The number of hydrogen-bond acceptors (Lipinski definition) is 7. The lowest BCUT2D eigenvalue weighted by molar-refractivity contribution is -0.164. The normalized spacial score (nSPS) is 14.8. The molecule has 2 rings (SSSR count). The van der Waals surface area contributed by atoms with Crippen molar-refractivity contribution in [2.45, 2.75) is 80.1 Å². The van der Waals surface area contributed by atoms with Gasteiger partial charge in [-0.3, -0.25) is 19.2 Å². The minimum atomic E-state index is -1.08. The third-order valence-corrected chi connectivity index (χ3v) is 6.87. The highest BCUT2D eigenvalue weighted by Crippen LogP contribution is 2.42. The first-order chi connectivity index (χ1) is 16.8. The highest BCUT2D eigenvalue weighted by molar-refractivity contribution is 6.08. The van der Waals surface area contributed by atoms with Crippen molar-refractivity contribution in [2.75, 3.05) is 25.1 Å². The van der Waals surface area contributed by atoms with Crippen LogP contribution in [-0.2, 0) is 30.3 Å². The number of ether oxygens (including phenoxy) is 2. The molecule has 1 aromatic carbocycles. The zero-order valence-corrected chi connectivity index (χ0v) is 22.5. The van der Waals surface area contributed by atoms with Gasteiger partial charge in [-0.2, -0.15) is 0 Å².